The lowest BCUT2D eigenvalue weighted by molar-refractivity contribution is -0.138. The van der Waals surface area contributed by atoms with Crippen LogP contribution in [0.4, 0.5) is 18.0 Å². The molecule has 9 heteroatoms. The van der Waals surface area contributed by atoms with Gasteiger partial charge in [-0.2, -0.15) is 18.3 Å². The summed E-state index contributed by atoms with van der Waals surface area (Å²) in [5.74, 6) is -0.326. The average Bonchev–Trinajstić information content (AvgIpc) is 2.26. The molecule has 5 nitrogen and oxygen atoms in total. The second-order valence-electron chi connectivity index (χ2n) is 3.32. The number of carbonyl (C=O) groups is 1. The van der Waals surface area contributed by atoms with Crippen LogP contribution in [0.1, 0.15) is 11.1 Å². The number of alkyl halides is 3. The molecule has 0 unspecified atom stereocenters. The number of nitrogens with two attached hydrogens (primary N) is 1. The standard InChI is InChI=1S/C10H9BrF3N3O2/c1-19-8-6(10(12,13)14)2-5(3-7(8)11)4-16-17-9(15)18/h2-4H,1H3,(H3,15,17,18). The third kappa shape index (κ3) is 4.12. The van der Waals surface area contributed by atoms with Crippen LogP contribution < -0.4 is 15.9 Å². The summed E-state index contributed by atoms with van der Waals surface area (Å²) in [6.07, 6.45) is -3.54. The Balaban J connectivity index is 3.20. The van der Waals surface area contributed by atoms with Gasteiger partial charge in [0, 0.05) is 0 Å². The highest BCUT2D eigenvalue weighted by atomic mass is 79.9. The van der Waals surface area contributed by atoms with Gasteiger partial charge in [0.1, 0.15) is 5.75 Å². The highest BCUT2D eigenvalue weighted by Crippen LogP contribution is 2.40. The number of rotatable bonds is 3. The first kappa shape index (κ1) is 15.3. The number of halogens is 4. The van der Waals surface area contributed by atoms with E-state index in [4.69, 9.17) is 10.5 Å². The van der Waals surface area contributed by atoms with Crippen LogP contribution in [0.3, 0.4) is 0 Å². The largest absolute Gasteiger partial charge is 0.495 e. The average molecular weight is 340 g/mol. The van der Waals surface area contributed by atoms with E-state index in [9.17, 15) is 18.0 Å². The van der Waals surface area contributed by atoms with Crippen molar-refractivity contribution in [2.45, 2.75) is 6.18 Å². The van der Waals surface area contributed by atoms with Gasteiger partial charge in [0.15, 0.2) is 0 Å². The van der Waals surface area contributed by atoms with Crippen LogP contribution in [0, 0.1) is 0 Å². The van der Waals surface area contributed by atoms with Gasteiger partial charge in [-0.15, -0.1) is 0 Å². The van der Waals surface area contributed by atoms with E-state index < -0.39 is 17.8 Å². The fraction of sp³-hybridized carbons (Fsp3) is 0.200. The molecule has 0 saturated heterocycles. The lowest BCUT2D eigenvalue weighted by atomic mass is 10.1. The third-order valence-electron chi connectivity index (χ3n) is 1.96. The van der Waals surface area contributed by atoms with Gasteiger partial charge in [-0.3, -0.25) is 0 Å². The van der Waals surface area contributed by atoms with Crippen molar-refractivity contribution in [2.24, 2.45) is 10.8 Å². The normalized spacial score (nSPS) is 11.6. The zero-order valence-corrected chi connectivity index (χ0v) is 11.2. The number of nitrogens with zero attached hydrogens (tertiary/aromatic N) is 1. The van der Waals surface area contributed by atoms with Crippen LogP contribution in [0.25, 0.3) is 0 Å². The highest BCUT2D eigenvalue weighted by Gasteiger charge is 2.35. The van der Waals surface area contributed by atoms with Crippen molar-refractivity contribution in [1.29, 1.82) is 0 Å². The van der Waals surface area contributed by atoms with E-state index in [0.29, 0.717) is 0 Å². The summed E-state index contributed by atoms with van der Waals surface area (Å²) in [5, 5.41) is 3.38. The summed E-state index contributed by atoms with van der Waals surface area (Å²) in [6, 6.07) is 1.29. The van der Waals surface area contributed by atoms with Crippen molar-refractivity contribution in [3.05, 3.63) is 27.7 Å². The van der Waals surface area contributed by atoms with Gasteiger partial charge in [-0.05, 0) is 33.6 Å². The fourth-order valence-electron chi connectivity index (χ4n) is 1.28. The number of primary amides is 1. The summed E-state index contributed by atoms with van der Waals surface area (Å²) < 4.78 is 43.2. The van der Waals surface area contributed by atoms with Crippen molar-refractivity contribution >= 4 is 28.2 Å². The van der Waals surface area contributed by atoms with Gasteiger partial charge in [-0.1, -0.05) is 0 Å². The Kier molecular flexibility index (Phi) is 4.76. The third-order valence-corrected chi connectivity index (χ3v) is 2.55. The molecule has 3 N–H and O–H groups in total. The number of nitrogens with one attached hydrogen (secondary N) is 1. The summed E-state index contributed by atoms with van der Waals surface area (Å²) >= 11 is 2.97. The number of hydrazone groups is 1. The molecule has 19 heavy (non-hydrogen) atoms. The van der Waals surface area contributed by atoms with Crippen LogP contribution >= 0.6 is 15.9 Å². The number of ether oxygens (including phenoxy) is 1. The Labute approximate surface area is 114 Å². The Hall–Kier alpha value is -1.77. The highest BCUT2D eigenvalue weighted by molar-refractivity contribution is 9.10. The minimum absolute atomic E-state index is 0.116. The molecule has 0 aliphatic heterocycles. The van der Waals surface area contributed by atoms with Crippen molar-refractivity contribution in [2.75, 3.05) is 7.11 Å². The van der Waals surface area contributed by atoms with E-state index >= 15 is 0 Å². The number of hydrogen-bond acceptors (Lipinski definition) is 3. The van der Waals surface area contributed by atoms with Crippen LogP contribution in [0.5, 0.6) is 5.75 Å². The molecule has 0 saturated carbocycles. The van der Waals surface area contributed by atoms with E-state index in [-0.39, 0.29) is 15.8 Å². The number of methoxy groups -OCH3 is 1. The van der Waals surface area contributed by atoms with Crippen molar-refractivity contribution < 1.29 is 22.7 Å². The van der Waals surface area contributed by atoms with E-state index in [0.717, 1.165) is 19.4 Å². The number of amides is 2. The van der Waals surface area contributed by atoms with E-state index in [1.807, 2.05) is 5.43 Å². The first-order valence-electron chi connectivity index (χ1n) is 4.79. The molecule has 1 aromatic rings. The van der Waals surface area contributed by atoms with Gasteiger partial charge in [0.2, 0.25) is 0 Å². The van der Waals surface area contributed by atoms with Gasteiger partial charge >= 0.3 is 12.2 Å². The van der Waals surface area contributed by atoms with E-state index in [2.05, 4.69) is 21.0 Å². The Bertz CT molecular complexity index is 517. The molecular formula is C10H9BrF3N3O2. The van der Waals surface area contributed by atoms with Crippen molar-refractivity contribution in [3.63, 3.8) is 0 Å². The SMILES string of the molecule is COc1c(Br)cc(C=NNC(N)=O)cc1C(F)(F)F. The minimum Gasteiger partial charge on any atom is -0.495 e. The first-order valence-corrected chi connectivity index (χ1v) is 5.58. The van der Waals surface area contributed by atoms with Crippen LogP contribution in [0.15, 0.2) is 21.7 Å². The lowest BCUT2D eigenvalue weighted by Crippen LogP contribution is -2.24. The molecule has 0 aromatic heterocycles. The Morgan fingerprint density at radius 3 is 2.63 bits per heavy atom. The predicted octanol–water partition coefficient (Wildman–Crippen LogP) is 2.48. The van der Waals surface area contributed by atoms with Gasteiger partial charge in [0.25, 0.3) is 0 Å². The zero-order valence-electron chi connectivity index (χ0n) is 9.58. The molecule has 104 valence electrons. The number of carbonyl (C=O) groups excluding carboxylic acids is 1. The molecule has 0 aliphatic rings. The molecule has 2 amide bonds. The van der Waals surface area contributed by atoms with E-state index in [1.54, 1.807) is 0 Å². The summed E-state index contributed by atoms with van der Waals surface area (Å²) in [5.41, 5.74) is 5.80. The molecule has 0 radical (unpaired) electrons. The van der Waals surface area contributed by atoms with Crippen LogP contribution in [0.2, 0.25) is 0 Å². The minimum atomic E-state index is -4.57. The number of benzene rings is 1. The predicted molar refractivity (Wildman–Crippen MR) is 66.0 cm³/mol. The number of hydrogen-bond donors (Lipinski definition) is 2. The van der Waals surface area contributed by atoms with Gasteiger partial charge in [-0.25, -0.2) is 10.2 Å². The van der Waals surface area contributed by atoms with Crippen molar-refractivity contribution in [1.82, 2.24) is 5.43 Å². The molecule has 1 aromatic carbocycles. The van der Waals surface area contributed by atoms with E-state index in [1.165, 1.54) is 6.07 Å². The second kappa shape index (κ2) is 5.91. The lowest BCUT2D eigenvalue weighted by Gasteiger charge is -2.14. The molecule has 0 spiro atoms. The summed E-state index contributed by atoms with van der Waals surface area (Å²) in [7, 11) is 1.14. The smallest absolute Gasteiger partial charge is 0.420 e. The molecule has 0 aliphatic carbocycles. The molecule has 0 bridgehead atoms. The molecular weight excluding hydrogens is 331 g/mol. The first-order chi connectivity index (χ1) is 8.75. The van der Waals surface area contributed by atoms with Crippen molar-refractivity contribution in [3.8, 4) is 5.75 Å². The maximum atomic E-state index is 12.8. The Morgan fingerprint density at radius 2 is 2.16 bits per heavy atom. The quantitative estimate of drug-likeness (QED) is 0.655. The maximum Gasteiger partial charge on any atom is 0.420 e. The van der Waals surface area contributed by atoms with Gasteiger partial charge < -0.3 is 10.5 Å². The summed E-state index contributed by atoms with van der Waals surface area (Å²) in [4.78, 5) is 10.4. The Morgan fingerprint density at radius 1 is 1.53 bits per heavy atom. The maximum absolute atomic E-state index is 12.8. The number of urea groups is 1. The van der Waals surface area contributed by atoms with Crippen LogP contribution in [-0.2, 0) is 6.18 Å². The molecule has 0 heterocycles. The summed E-state index contributed by atoms with van der Waals surface area (Å²) in [6.45, 7) is 0. The van der Waals surface area contributed by atoms with Crippen LogP contribution in [-0.4, -0.2) is 19.4 Å². The topological polar surface area (TPSA) is 76.7 Å². The van der Waals surface area contributed by atoms with Gasteiger partial charge in [0.05, 0.1) is 23.4 Å². The molecule has 0 fully saturated rings. The monoisotopic (exact) mass is 339 g/mol. The molecule has 0 atom stereocenters. The molecule has 1 rings (SSSR count). The second-order valence-corrected chi connectivity index (χ2v) is 4.17. The fourth-order valence-corrected chi connectivity index (χ4v) is 1.92. The zero-order chi connectivity index (χ0) is 14.6.